The Balaban J connectivity index is 1.58. The molecule has 0 radical (unpaired) electrons. The third kappa shape index (κ3) is 4.81. The van der Waals surface area contributed by atoms with E-state index in [2.05, 4.69) is 31.5 Å². The molecule has 0 spiro atoms. The van der Waals surface area contributed by atoms with Crippen molar-refractivity contribution in [3.8, 4) is 0 Å². The van der Waals surface area contributed by atoms with Crippen LogP contribution in [0.15, 0.2) is 47.1 Å². The molecule has 1 heterocycles. The maximum atomic E-state index is 12.3. The summed E-state index contributed by atoms with van der Waals surface area (Å²) >= 11 is 3.42. The fourth-order valence-electron chi connectivity index (χ4n) is 2.99. The lowest BCUT2D eigenvalue weighted by Crippen LogP contribution is -2.34. The van der Waals surface area contributed by atoms with Gasteiger partial charge in [0, 0.05) is 16.2 Å². The number of anilines is 2. The van der Waals surface area contributed by atoms with Crippen molar-refractivity contribution in [2.24, 2.45) is 0 Å². The van der Waals surface area contributed by atoms with Crippen molar-refractivity contribution in [2.75, 3.05) is 5.32 Å². The minimum atomic E-state index is -0.0721. The van der Waals surface area contributed by atoms with Crippen LogP contribution in [0, 0.1) is 0 Å². The van der Waals surface area contributed by atoms with Crippen LogP contribution in [0.4, 0.5) is 11.4 Å². The summed E-state index contributed by atoms with van der Waals surface area (Å²) in [4.78, 5) is 16.6. The Morgan fingerprint density at radius 3 is 2.25 bits per heavy atom. The minimum absolute atomic E-state index is 0.0721. The molecule has 1 saturated carbocycles. The summed E-state index contributed by atoms with van der Waals surface area (Å²) in [5.74, 6) is -0.0721. The number of hydrogen-bond acceptors (Lipinski definition) is 3. The Hall–Kier alpha value is -1.88. The molecule has 1 fully saturated rings. The molecule has 3 rings (SSSR count). The zero-order valence-electron chi connectivity index (χ0n) is 13.6. The second-order valence-electron chi connectivity index (χ2n) is 6.23. The zero-order chi connectivity index (χ0) is 16.8. The van der Waals surface area contributed by atoms with E-state index in [1.807, 2.05) is 30.3 Å². The molecule has 126 valence electrons. The molecule has 1 aliphatic carbocycles. The molecule has 4 nitrogen and oxygen atoms in total. The standard InChI is InChI=1S/C19H22BrN3O/c20-14-7-9-16(10-8-14)22-17-11-12-18(21-13-17)19(24)23-15-5-3-1-2-4-6-15/h7-13,15,22H,1-6H2,(H,23,24). The topological polar surface area (TPSA) is 54.0 Å². The van der Waals surface area contributed by atoms with Crippen molar-refractivity contribution >= 4 is 33.2 Å². The van der Waals surface area contributed by atoms with Gasteiger partial charge in [0.05, 0.1) is 11.9 Å². The first-order valence-electron chi connectivity index (χ1n) is 8.50. The smallest absolute Gasteiger partial charge is 0.270 e. The van der Waals surface area contributed by atoms with Crippen LogP contribution in [-0.2, 0) is 0 Å². The number of halogens is 1. The average Bonchev–Trinajstić information content (AvgIpc) is 2.86. The number of hydrogen-bond donors (Lipinski definition) is 2. The van der Waals surface area contributed by atoms with Crippen molar-refractivity contribution in [3.05, 3.63) is 52.8 Å². The Morgan fingerprint density at radius 1 is 0.958 bits per heavy atom. The van der Waals surface area contributed by atoms with Gasteiger partial charge < -0.3 is 10.6 Å². The number of rotatable bonds is 4. The van der Waals surface area contributed by atoms with Crippen molar-refractivity contribution in [3.63, 3.8) is 0 Å². The highest BCUT2D eigenvalue weighted by Gasteiger charge is 2.16. The van der Waals surface area contributed by atoms with Gasteiger partial charge in [-0.25, -0.2) is 4.98 Å². The van der Waals surface area contributed by atoms with Crippen LogP contribution >= 0.6 is 15.9 Å². The Labute approximate surface area is 151 Å². The van der Waals surface area contributed by atoms with E-state index in [1.165, 1.54) is 25.7 Å². The van der Waals surface area contributed by atoms with Gasteiger partial charge in [-0.05, 0) is 49.2 Å². The highest BCUT2D eigenvalue weighted by molar-refractivity contribution is 9.10. The predicted molar refractivity (Wildman–Crippen MR) is 101 cm³/mol. The number of aromatic nitrogens is 1. The number of carbonyl (C=O) groups is 1. The highest BCUT2D eigenvalue weighted by Crippen LogP contribution is 2.20. The highest BCUT2D eigenvalue weighted by atomic mass is 79.9. The van der Waals surface area contributed by atoms with Gasteiger partial charge in [0.1, 0.15) is 5.69 Å². The molecule has 1 aromatic heterocycles. The van der Waals surface area contributed by atoms with E-state index in [1.54, 1.807) is 12.3 Å². The molecule has 1 amide bonds. The Kier molecular flexibility index (Phi) is 5.86. The average molecular weight is 388 g/mol. The molecular weight excluding hydrogens is 366 g/mol. The molecule has 0 bridgehead atoms. The Bertz CT molecular complexity index is 662. The van der Waals surface area contributed by atoms with Crippen molar-refractivity contribution < 1.29 is 4.79 Å². The van der Waals surface area contributed by atoms with Crippen LogP contribution in [0.5, 0.6) is 0 Å². The van der Waals surface area contributed by atoms with E-state index < -0.39 is 0 Å². The van der Waals surface area contributed by atoms with Crippen LogP contribution in [0.1, 0.15) is 49.0 Å². The summed E-state index contributed by atoms with van der Waals surface area (Å²) in [5, 5.41) is 6.40. The lowest BCUT2D eigenvalue weighted by atomic mass is 10.1. The molecule has 0 unspecified atom stereocenters. The SMILES string of the molecule is O=C(NC1CCCCCC1)c1ccc(Nc2ccc(Br)cc2)cn1. The van der Waals surface area contributed by atoms with Gasteiger partial charge >= 0.3 is 0 Å². The van der Waals surface area contributed by atoms with Crippen molar-refractivity contribution in [2.45, 2.75) is 44.6 Å². The summed E-state index contributed by atoms with van der Waals surface area (Å²) in [6, 6.07) is 11.9. The monoisotopic (exact) mass is 387 g/mol. The molecule has 1 aliphatic rings. The summed E-state index contributed by atoms with van der Waals surface area (Å²) in [6.45, 7) is 0. The van der Waals surface area contributed by atoms with Gasteiger partial charge in [-0.2, -0.15) is 0 Å². The zero-order valence-corrected chi connectivity index (χ0v) is 15.2. The predicted octanol–water partition coefficient (Wildman–Crippen LogP) is 5.04. The van der Waals surface area contributed by atoms with E-state index in [0.717, 1.165) is 28.7 Å². The molecule has 0 saturated heterocycles. The molecule has 0 atom stereocenters. The van der Waals surface area contributed by atoms with Crippen LogP contribution in [0.2, 0.25) is 0 Å². The number of benzene rings is 1. The van der Waals surface area contributed by atoms with Gasteiger partial charge in [-0.15, -0.1) is 0 Å². The fourth-order valence-corrected chi connectivity index (χ4v) is 3.25. The fraction of sp³-hybridized carbons (Fsp3) is 0.368. The summed E-state index contributed by atoms with van der Waals surface area (Å²) in [6.07, 6.45) is 8.82. The first-order chi connectivity index (χ1) is 11.7. The van der Waals surface area contributed by atoms with Crippen molar-refractivity contribution in [1.29, 1.82) is 0 Å². The molecule has 1 aromatic carbocycles. The van der Waals surface area contributed by atoms with Crippen molar-refractivity contribution in [1.82, 2.24) is 10.3 Å². The van der Waals surface area contributed by atoms with Gasteiger partial charge in [0.2, 0.25) is 0 Å². The first-order valence-corrected chi connectivity index (χ1v) is 9.29. The van der Waals surface area contributed by atoms with Crippen LogP contribution in [0.25, 0.3) is 0 Å². The third-order valence-electron chi connectivity index (χ3n) is 4.32. The second kappa shape index (κ2) is 8.29. The van der Waals surface area contributed by atoms with E-state index >= 15 is 0 Å². The Morgan fingerprint density at radius 2 is 1.62 bits per heavy atom. The number of nitrogens with zero attached hydrogens (tertiary/aromatic N) is 1. The molecule has 24 heavy (non-hydrogen) atoms. The van der Waals surface area contributed by atoms with Crippen LogP contribution in [-0.4, -0.2) is 16.9 Å². The normalized spacial score (nSPS) is 15.5. The lowest BCUT2D eigenvalue weighted by molar-refractivity contribution is 0.0928. The molecule has 0 aliphatic heterocycles. The number of amides is 1. The van der Waals surface area contributed by atoms with Crippen LogP contribution < -0.4 is 10.6 Å². The van der Waals surface area contributed by atoms with Gasteiger partial charge in [0.15, 0.2) is 0 Å². The van der Waals surface area contributed by atoms with Gasteiger partial charge in [-0.3, -0.25) is 4.79 Å². The summed E-state index contributed by atoms with van der Waals surface area (Å²) < 4.78 is 1.04. The number of carbonyl (C=O) groups excluding carboxylic acids is 1. The van der Waals surface area contributed by atoms with E-state index in [9.17, 15) is 4.79 Å². The molecule has 5 heteroatoms. The molecular formula is C19H22BrN3O. The largest absolute Gasteiger partial charge is 0.354 e. The van der Waals surface area contributed by atoms with E-state index in [0.29, 0.717) is 11.7 Å². The second-order valence-corrected chi connectivity index (χ2v) is 7.14. The van der Waals surface area contributed by atoms with Gasteiger partial charge in [0.25, 0.3) is 5.91 Å². The molecule has 2 aromatic rings. The number of nitrogens with one attached hydrogen (secondary N) is 2. The third-order valence-corrected chi connectivity index (χ3v) is 4.85. The minimum Gasteiger partial charge on any atom is -0.354 e. The lowest BCUT2D eigenvalue weighted by Gasteiger charge is -2.16. The summed E-state index contributed by atoms with van der Waals surface area (Å²) in [5.41, 5.74) is 2.32. The summed E-state index contributed by atoms with van der Waals surface area (Å²) in [7, 11) is 0. The van der Waals surface area contributed by atoms with E-state index in [-0.39, 0.29) is 5.91 Å². The van der Waals surface area contributed by atoms with Crippen LogP contribution in [0.3, 0.4) is 0 Å². The quantitative estimate of drug-likeness (QED) is 0.722. The maximum Gasteiger partial charge on any atom is 0.270 e. The van der Waals surface area contributed by atoms with Gasteiger partial charge in [-0.1, -0.05) is 41.6 Å². The number of pyridine rings is 1. The van der Waals surface area contributed by atoms with E-state index in [4.69, 9.17) is 0 Å². The maximum absolute atomic E-state index is 12.3. The first kappa shape index (κ1) is 17.0. The molecule has 2 N–H and O–H groups in total.